The lowest BCUT2D eigenvalue weighted by Crippen LogP contribution is -2.58. The van der Waals surface area contributed by atoms with Gasteiger partial charge in [-0.25, -0.2) is 0 Å². The number of nitrogens with two attached hydrogens (primary N) is 2. The summed E-state index contributed by atoms with van der Waals surface area (Å²) in [6.07, 6.45) is 1.03. The normalized spacial score (nSPS) is 17.5. The topological polar surface area (TPSA) is 311 Å². The number of aliphatic carboxylic acids is 1. The van der Waals surface area contributed by atoms with Crippen LogP contribution in [-0.4, -0.2) is 125 Å². The van der Waals surface area contributed by atoms with Gasteiger partial charge in [0.05, 0.1) is 19.2 Å². The number of carbonyl (C=O) groups excluding carboxylic acids is 6. The van der Waals surface area contributed by atoms with Gasteiger partial charge in [-0.15, -0.1) is 0 Å². The van der Waals surface area contributed by atoms with Crippen LogP contribution in [0.1, 0.15) is 53.4 Å². The van der Waals surface area contributed by atoms with Gasteiger partial charge in [-0.1, -0.05) is 13.8 Å². The molecule has 6 amide bonds. The molecule has 1 fully saturated rings. The third kappa shape index (κ3) is 12.8. The number of rotatable bonds is 18. The van der Waals surface area contributed by atoms with Gasteiger partial charge in [0.2, 0.25) is 35.4 Å². The van der Waals surface area contributed by atoms with Crippen molar-refractivity contribution in [3.63, 3.8) is 0 Å². The molecular weight excluding hydrogens is 608 g/mol. The van der Waals surface area contributed by atoms with Crippen LogP contribution in [0, 0.1) is 11.3 Å². The van der Waals surface area contributed by atoms with Crippen molar-refractivity contribution in [1.82, 2.24) is 36.8 Å². The average Bonchev–Trinajstić information content (AvgIpc) is 3.48. The zero-order valence-electron chi connectivity index (χ0n) is 26.6. The van der Waals surface area contributed by atoms with Gasteiger partial charge in [-0.05, 0) is 45.4 Å². The van der Waals surface area contributed by atoms with Crippen molar-refractivity contribution in [3.8, 4) is 0 Å². The molecule has 260 valence electrons. The van der Waals surface area contributed by atoms with E-state index in [1.807, 2.05) is 0 Å². The van der Waals surface area contributed by atoms with Gasteiger partial charge in [-0.2, -0.15) is 0 Å². The Labute approximate surface area is 266 Å². The van der Waals surface area contributed by atoms with E-state index in [1.54, 1.807) is 13.8 Å². The number of nitrogens with one attached hydrogen (secondary N) is 7. The minimum Gasteiger partial charge on any atom is -0.480 e. The number of guanidine groups is 1. The van der Waals surface area contributed by atoms with Crippen LogP contribution in [0.25, 0.3) is 0 Å². The van der Waals surface area contributed by atoms with Crippen LogP contribution in [0.3, 0.4) is 0 Å². The molecule has 1 aliphatic heterocycles. The number of aliphatic hydroxyl groups is 1. The van der Waals surface area contributed by atoms with Gasteiger partial charge >= 0.3 is 5.97 Å². The molecule has 46 heavy (non-hydrogen) atoms. The minimum absolute atomic E-state index is 0.0577. The van der Waals surface area contributed by atoms with Crippen molar-refractivity contribution in [2.75, 3.05) is 26.2 Å². The fourth-order valence-electron chi connectivity index (χ4n) is 4.48. The third-order valence-corrected chi connectivity index (χ3v) is 7.09. The number of carboxylic acid groups (broad SMARTS) is 1. The number of aliphatic hydroxyl groups excluding tert-OH is 1. The first-order valence-electron chi connectivity index (χ1n) is 15.0. The minimum atomic E-state index is -1.46. The van der Waals surface area contributed by atoms with Gasteiger partial charge in [-0.3, -0.25) is 39.0 Å². The van der Waals surface area contributed by atoms with Crippen LogP contribution in [0.5, 0.6) is 0 Å². The van der Waals surface area contributed by atoms with E-state index in [0.29, 0.717) is 6.42 Å². The Balaban J connectivity index is 2.90. The van der Waals surface area contributed by atoms with Crippen LogP contribution < -0.4 is 43.4 Å². The number of carbonyl (C=O) groups is 7. The Morgan fingerprint density at radius 2 is 1.57 bits per heavy atom. The highest BCUT2D eigenvalue weighted by molar-refractivity contribution is 5.96. The summed E-state index contributed by atoms with van der Waals surface area (Å²) >= 11 is 0. The Kier molecular flexibility index (Phi) is 16.4. The summed E-state index contributed by atoms with van der Waals surface area (Å²) in [7, 11) is 0. The molecule has 0 aromatic rings. The maximum Gasteiger partial charge on any atom is 0.325 e. The van der Waals surface area contributed by atoms with Crippen molar-refractivity contribution in [2.45, 2.75) is 89.6 Å². The molecule has 19 heteroatoms. The molecule has 6 atom stereocenters. The predicted octanol–water partition coefficient (Wildman–Crippen LogP) is -4.60. The first-order valence-corrected chi connectivity index (χ1v) is 15.0. The van der Waals surface area contributed by atoms with Gasteiger partial charge < -0.3 is 58.5 Å². The molecule has 1 heterocycles. The molecule has 0 saturated carbocycles. The molecule has 0 bridgehead atoms. The highest BCUT2D eigenvalue weighted by Gasteiger charge is 2.38. The van der Waals surface area contributed by atoms with E-state index in [9.17, 15) is 38.7 Å². The molecule has 0 unspecified atom stereocenters. The second-order valence-electron chi connectivity index (χ2n) is 11.3. The molecule has 0 aliphatic carbocycles. The highest BCUT2D eigenvalue weighted by Crippen LogP contribution is 2.19. The van der Waals surface area contributed by atoms with E-state index >= 15 is 0 Å². The van der Waals surface area contributed by atoms with Crippen molar-refractivity contribution in [3.05, 3.63) is 0 Å². The number of hydrogen-bond acceptors (Lipinski definition) is 10. The molecule has 19 nitrogen and oxygen atoms in total. The summed E-state index contributed by atoms with van der Waals surface area (Å²) in [6.45, 7) is 4.98. The first kappa shape index (κ1) is 39.5. The fourth-order valence-corrected chi connectivity index (χ4v) is 4.48. The fraction of sp³-hybridized carbons (Fsp3) is 0.704. The second-order valence-corrected chi connectivity index (χ2v) is 11.3. The summed E-state index contributed by atoms with van der Waals surface area (Å²) in [6, 6.07) is -6.71. The predicted molar refractivity (Wildman–Crippen MR) is 164 cm³/mol. The van der Waals surface area contributed by atoms with Crippen LogP contribution in [0.2, 0.25) is 0 Å². The maximum absolute atomic E-state index is 13.1. The lowest BCUT2D eigenvalue weighted by molar-refractivity contribution is -0.144. The molecule has 0 aromatic carbocycles. The van der Waals surface area contributed by atoms with E-state index in [1.165, 1.54) is 13.8 Å². The second kappa shape index (κ2) is 19.1. The van der Waals surface area contributed by atoms with Gasteiger partial charge in [0, 0.05) is 13.1 Å². The van der Waals surface area contributed by atoms with Crippen molar-refractivity contribution in [1.29, 1.82) is 5.41 Å². The number of amides is 6. The van der Waals surface area contributed by atoms with Crippen molar-refractivity contribution >= 4 is 47.4 Å². The number of likely N-dealkylation sites (tertiary alicyclic amines) is 1. The highest BCUT2D eigenvalue weighted by atomic mass is 16.4. The zero-order valence-corrected chi connectivity index (χ0v) is 26.6. The van der Waals surface area contributed by atoms with Crippen molar-refractivity contribution in [2.24, 2.45) is 17.4 Å². The smallest absolute Gasteiger partial charge is 0.325 e. The molecule has 0 spiro atoms. The number of hydrogen-bond donors (Lipinski definition) is 11. The molecule has 0 aromatic heterocycles. The largest absolute Gasteiger partial charge is 0.480 e. The SMILES string of the molecule is CC(C)[C@H](NC(=O)[C@H](C)N)C(=O)N[C@@H](CCCNC(=N)N)C(=O)NCC(=O)N[C@@H](CO)C(=O)N1CCC[C@H]1C(=O)N[C@@H](C)C(=O)O. The molecule has 0 radical (unpaired) electrons. The Morgan fingerprint density at radius 3 is 2.11 bits per heavy atom. The number of carboxylic acids is 1. The lowest BCUT2D eigenvalue weighted by atomic mass is 10.0. The van der Waals surface area contributed by atoms with Gasteiger partial charge in [0.25, 0.3) is 0 Å². The van der Waals surface area contributed by atoms with E-state index in [-0.39, 0.29) is 44.2 Å². The zero-order chi connectivity index (χ0) is 35.1. The maximum atomic E-state index is 13.1. The average molecular weight is 657 g/mol. The molecule has 1 rings (SSSR count). The van der Waals surface area contributed by atoms with E-state index in [2.05, 4.69) is 31.9 Å². The van der Waals surface area contributed by atoms with Crippen LogP contribution in [-0.2, 0) is 33.6 Å². The molecule has 1 saturated heterocycles. The molecule has 1 aliphatic rings. The van der Waals surface area contributed by atoms with Crippen LogP contribution >= 0.6 is 0 Å². The Bertz CT molecular complexity index is 1130. The standard InChI is InChI=1S/C27H48N10O9/c1-13(2)20(36-21(40)14(3)28)24(43)35-16(7-5-9-31-27(29)30)22(41)32-11-19(39)34-17(12-38)25(44)37-10-6-8-18(37)23(42)33-15(4)26(45)46/h13-18,20,38H,5-12,28H2,1-4H3,(H,32,41)(H,33,42)(H,34,39)(H,35,43)(H,36,40)(H,45,46)(H4,29,30,31)/t14-,15-,16-,17-,18-,20-/m0/s1. The summed E-state index contributed by atoms with van der Waals surface area (Å²) in [5.74, 6) is -6.21. The van der Waals surface area contributed by atoms with E-state index < -0.39 is 90.8 Å². The summed E-state index contributed by atoms with van der Waals surface area (Å²) < 4.78 is 0. The van der Waals surface area contributed by atoms with Gasteiger partial charge in [0.15, 0.2) is 5.96 Å². The third-order valence-electron chi connectivity index (χ3n) is 7.09. The Hall–Kier alpha value is -4.52. The summed E-state index contributed by atoms with van der Waals surface area (Å²) in [5, 5.41) is 40.8. The van der Waals surface area contributed by atoms with Crippen LogP contribution in [0.15, 0.2) is 0 Å². The molecule has 13 N–H and O–H groups in total. The van der Waals surface area contributed by atoms with Crippen LogP contribution in [0.4, 0.5) is 0 Å². The quantitative estimate of drug-likeness (QED) is 0.0377. The Morgan fingerprint density at radius 1 is 0.913 bits per heavy atom. The number of nitrogens with zero attached hydrogens (tertiary/aromatic N) is 1. The summed E-state index contributed by atoms with van der Waals surface area (Å²) in [4.78, 5) is 88.9. The molecular formula is C27H48N10O9. The van der Waals surface area contributed by atoms with Gasteiger partial charge in [0.1, 0.15) is 30.2 Å². The van der Waals surface area contributed by atoms with E-state index in [0.717, 1.165) is 4.90 Å². The first-order chi connectivity index (χ1) is 21.5. The summed E-state index contributed by atoms with van der Waals surface area (Å²) in [5.41, 5.74) is 10.9. The lowest BCUT2D eigenvalue weighted by Gasteiger charge is -2.28. The monoisotopic (exact) mass is 656 g/mol. The van der Waals surface area contributed by atoms with Crippen molar-refractivity contribution < 1.29 is 43.8 Å². The van der Waals surface area contributed by atoms with E-state index in [4.69, 9.17) is 22.0 Å².